The zero-order chi connectivity index (χ0) is 13.9. The minimum atomic E-state index is 0.0596. The van der Waals surface area contributed by atoms with Crippen molar-refractivity contribution >= 4 is 11.6 Å². The fraction of sp³-hybridized carbons (Fsp3) is 0.588. The van der Waals surface area contributed by atoms with Crippen LogP contribution in [-0.4, -0.2) is 19.0 Å². The molecule has 2 saturated carbocycles. The second kappa shape index (κ2) is 5.86. The van der Waals surface area contributed by atoms with E-state index in [0.29, 0.717) is 5.92 Å². The summed E-state index contributed by atoms with van der Waals surface area (Å²) in [4.78, 5) is 12.4. The highest BCUT2D eigenvalue weighted by molar-refractivity contribution is 5.99. The predicted molar refractivity (Wildman–Crippen MR) is 81.9 cm³/mol. The van der Waals surface area contributed by atoms with E-state index in [0.717, 1.165) is 36.2 Å². The van der Waals surface area contributed by atoms with Gasteiger partial charge in [0.15, 0.2) is 0 Å². The van der Waals surface area contributed by atoms with E-state index in [1.165, 1.54) is 25.7 Å². The van der Waals surface area contributed by atoms with Crippen molar-refractivity contribution < 1.29 is 4.79 Å². The van der Waals surface area contributed by atoms with E-state index < -0.39 is 0 Å². The zero-order valence-corrected chi connectivity index (χ0v) is 12.2. The number of carbonyl (C=O) groups is 1. The SMILES string of the molecule is CCNc1ccccc1C(=O)NCC1CC2CCC1C2. The van der Waals surface area contributed by atoms with E-state index in [2.05, 4.69) is 10.6 Å². The lowest BCUT2D eigenvalue weighted by Crippen LogP contribution is -2.32. The molecule has 1 aromatic rings. The molecule has 0 radical (unpaired) electrons. The number of rotatable bonds is 5. The van der Waals surface area contributed by atoms with Crippen molar-refractivity contribution in [3.8, 4) is 0 Å². The van der Waals surface area contributed by atoms with Crippen molar-refractivity contribution in [1.29, 1.82) is 0 Å². The lowest BCUT2D eigenvalue weighted by atomic mass is 9.89. The summed E-state index contributed by atoms with van der Waals surface area (Å²) in [7, 11) is 0. The second-order valence-corrected chi connectivity index (χ2v) is 6.22. The Morgan fingerprint density at radius 1 is 1.25 bits per heavy atom. The number of hydrogen-bond acceptors (Lipinski definition) is 2. The number of amides is 1. The van der Waals surface area contributed by atoms with Gasteiger partial charge in [-0.25, -0.2) is 0 Å². The van der Waals surface area contributed by atoms with Crippen molar-refractivity contribution in [3.05, 3.63) is 29.8 Å². The Labute approximate surface area is 121 Å². The van der Waals surface area contributed by atoms with Crippen LogP contribution in [0.25, 0.3) is 0 Å². The Bertz CT molecular complexity index is 486. The van der Waals surface area contributed by atoms with Crippen LogP contribution in [0, 0.1) is 17.8 Å². The molecule has 0 aromatic heterocycles. The fourth-order valence-electron chi connectivity index (χ4n) is 3.97. The van der Waals surface area contributed by atoms with Crippen molar-refractivity contribution in [2.24, 2.45) is 17.8 Å². The number of benzene rings is 1. The molecule has 2 N–H and O–H groups in total. The van der Waals surface area contributed by atoms with Crippen molar-refractivity contribution in [2.45, 2.75) is 32.6 Å². The van der Waals surface area contributed by atoms with Gasteiger partial charge in [-0.15, -0.1) is 0 Å². The van der Waals surface area contributed by atoms with Gasteiger partial charge in [0.1, 0.15) is 0 Å². The monoisotopic (exact) mass is 272 g/mol. The smallest absolute Gasteiger partial charge is 0.253 e. The summed E-state index contributed by atoms with van der Waals surface area (Å²) in [6.07, 6.45) is 5.51. The second-order valence-electron chi connectivity index (χ2n) is 6.22. The molecule has 0 aliphatic heterocycles. The van der Waals surface area contributed by atoms with Crippen LogP contribution in [0.4, 0.5) is 5.69 Å². The molecule has 2 aliphatic carbocycles. The average molecular weight is 272 g/mol. The molecule has 2 aliphatic rings. The van der Waals surface area contributed by atoms with Gasteiger partial charge < -0.3 is 10.6 Å². The van der Waals surface area contributed by atoms with E-state index in [1.807, 2.05) is 31.2 Å². The molecule has 3 atom stereocenters. The van der Waals surface area contributed by atoms with Gasteiger partial charge in [-0.05, 0) is 56.1 Å². The molecule has 0 spiro atoms. The van der Waals surface area contributed by atoms with Gasteiger partial charge in [-0.3, -0.25) is 4.79 Å². The summed E-state index contributed by atoms with van der Waals surface area (Å²) in [5.74, 6) is 2.58. The van der Waals surface area contributed by atoms with E-state index in [-0.39, 0.29) is 5.91 Å². The first-order valence-electron chi connectivity index (χ1n) is 7.89. The molecule has 1 aromatic carbocycles. The maximum absolute atomic E-state index is 12.4. The van der Waals surface area contributed by atoms with Crippen molar-refractivity contribution in [2.75, 3.05) is 18.4 Å². The first-order valence-corrected chi connectivity index (χ1v) is 7.89. The number of hydrogen-bond donors (Lipinski definition) is 2. The quantitative estimate of drug-likeness (QED) is 0.863. The van der Waals surface area contributed by atoms with Gasteiger partial charge in [0.05, 0.1) is 5.56 Å². The van der Waals surface area contributed by atoms with Crippen LogP contribution < -0.4 is 10.6 Å². The molecular weight excluding hydrogens is 248 g/mol. The maximum Gasteiger partial charge on any atom is 0.253 e. The third-order valence-corrected chi connectivity index (χ3v) is 4.95. The summed E-state index contributed by atoms with van der Waals surface area (Å²) in [6.45, 7) is 3.72. The van der Waals surface area contributed by atoms with Crippen LogP contribution in [-0.2, 0) is 0 Å². The highest BCUT2D eigenvalue weighted by Crippen LogP contribution is 2.47. The number of fused-ring (bicyclic) bond motifs is 2. The van der Waals surface area contributed by atoms with Gasteiger partial charge in [0, 0.05) is 18.8 Å². The maximum atomic E-state index is 12.4. The molecule has 3 rings (SSSR count). The Kier molecular flexibility index (Phi) is 3.95. The van der Waals surface area contributed by atoms with E-state index in [9.17, 15) is 4.79 Å². The van der Waals surface area contributed by atoms with E-state index in [4.69, 9.17) is 0 Å². The number of para-hydroxylation sites is 1. The van der Waals surface area contributed by atoms with Crippen molar-refractivity contribution in [1.82, 2.24) is 5.32 Å². The highest BCUT2D eigenvalue weighted by atomic mass is 16.1. The lowest BCUT2D eigenvalue weighted by molar-refractivity contribution is 0.0942. The predicted octanol–water partition coefficient (Wildman–Crippen LogP) is 3.28. The molecule has 3 unspecified atom stereocenters. The van der Waals surface area contributed by atoms with E-state index in [1.54, 1.807) is 0 Å². The summed E-state index contributed by atoms with van der Waals surface area (Å²) in [5.41, 5.74) is 1.69. The van der Waals surface area contributed by atoms with Gasteiger partial charge in [0.2, 0.25) is 0 Å². The Balaban J connectivity index is 1.59. The molecule has 0 heterocycles. The molecule has 3 nitrogen and oxygen atoms in total. The van der Waals surface area contributed by atoms with Crippen molar-refractivity contribution in [3.63, 3.8) is 0 Å². The standard InChI is InChI=1S/C17H24N2O/c1-2-18-16-6-4-3-5-15(16)17(20)19-11-14-10-12-7-8-13(14)9-12/h3-6,12-14,18H,2,7-11H2,1H3,(H,19,20). The lowest BCUT2D eigenvalue weighted by Gasteiger charge is -2.22. The molecule has 2 bridgehead atoms. The summed E-state index contributed by atoms with van der Waals surface area (Å²) in [5, 5.41) is 6.40. The zero-order valence-electron chi connectivity index (χ0n) is 12.2. The first-order chi connectivity index (χ1) is 9.78. The molecule has 108 valence electrons. The van der Waals surface area contributed by atoms with E-state index >= 15 is 0 Å². The largest absolute Gasteiger partial charge is 0.385 e. The van der Waals surface area contributed by atoms with Crippen LogP contribution in [0.1, 0.15) is 43.0 Å². The molecule has 0 saturated heterocycles. The number of nitrogens with one attached hydrogen (secondary N) is 2. The molecular formula is C17H24N2O. The van der Waals surface area contributed by atoms with Crippen LogP contribution in [0.5, 0.6) is 0 Å². The third kappa shape index (κ3) is 2.67. The first kappa shape index (κ1) is 13.5. The fourth-order valence-corrected chi connectivity index (χ4v) is 3.97. The number of carbonyl (C=O) groups excluding carboxylic acids is 1. The molecule has 2 fully saturated rings. The molecule has 3 heteroatoms. The highest BCUT2D eigenvalue weighted by Gasteiger charge is 2.39. The Morgan fingerprint density at radius 3 is 2.80 bits per heavy atom. The minimum Gasteiger partial charge on any atom is -0.385 e. The van der Waals surface area contributed by atoms with Crippen LogP contribution in [0.3, 0.4) is 0 Å². The average Bonchev–Trinajstić information content (AvgIpc) is 3.08. The molecule has 1 amide bonds. The van der Waals surface area contributed by atoms with Crippen LogP contribution >= 0.6 is 0 Å². The van der Waals surface area contributed by atoms with Gasteiger partial charge >= 0.3 is 0 Å². The Morgan fingerprint density at radius 2 is 2.10 bits per heavy atom. The summed E-state index contributed by atoms with van der Waals surface area (Å²) >= 11 is 0. The normalized spacial score (nSPS) is 27.6. The summed E-state index contributed by atoms with van der Waals surface area (Å²) in [6, 6.07) is 7.75. The number of anilines is 1. The van der Waals surface area contributed by atoms with Gasteiger partial charge in [-0.1, -0.05) is 18.6 Å². The minimum absolute atomic E-state index is 0.0596. The van der Waals surface area contributed by atoms with Gasteiger partial charge in [-0.2, -0.15) is 0 Å². The third-order valence-electron chi connectivity index (χ3n) is 4.95. The van der Waals surface area contributed by atoms with Crippen LogP contribution in [0.15, 0.2) is 24.3 Å². The Hall–Kier alpha value is -1.51. The van der Waals surface area contributed by atoms with Gasteiger partial charge in [0.25, 0.3) is 5.91 Å². The topological polar surface area (TPSA) is 41.1 Å². The summed E-state index contributed by atoms with van der Waals surface area (Å²) < 4.78 is 0. The molecule has 20 heavy (non-hydrogen) atoms. The van der Waals surface area contributed by atoms with Crippen LogP contribution in [0.2, 0.25) is 0 Å².